The molecule has 4 rings (SSSR count). The zero-order valence-electron chi connectivity index (χ0n) is 14.7. The number of aromatic hydroxyl groups is 1. The highest BCUT2D eigenvalue weighted by atomic mass is 19.1. The second-order valence-electron chi connectivity index (χ2n) is 6.34. The molecule has 6 nitrogen and oxygen atoms in total. The molecule has 2 aromatic heterocycles. The van der Waals surface area contributed by atoms with Crippen molar-refractivity contribution in [3.63, 3.8) is 0 Å². The third-order valence-corrected chi connectivity index (χ3v) is 4.68. The van der Waals surface area contributed by atoms with Crippen LogP contribution in [-0.4, -0.2) is 18.8 Å². The molecular formula is C20H16FN3O3. The highest BCUT2D eigenvalue weighted by Gasteiger charge is 2.20. The Labute approximate surface area is 153 Å². The summed E-state index contributed by atoms with van der Waals surface area (Å²) in [5.41, 5.74) is 1.49. The van der Waals surface area contributed by atoms with Gasteiger partial charge in [-0.25, -0.2) is 9.18 Å². The van der Waals surface area contributed by atoms with E-state index < -0.39 is 11.2 Å². The second-order valence-corrected chi connectivity index (χ2v) is 6.34. The summed E-state index contributed by atoms with van der Waals surface area (Å²) in [5, 5.41) is 9.93. The van der Waals surface area contributed by atoms with Gasteiger partial charge in [0.05, 0.1) is 16.6 Å². The average molecular weight is 365 g/mol. The van der Waals surface area contributed by atoms with Gasteiger partial charge in [-0.2, -0.15) is 0 Å². The maximum absolute atomic E-state index is 13.4. The number of phenols is 1. The maximum Gasteiger partial charge on any atom is 0.330 e. The third-order valence-electron chi connectivity index (χ3n) is 4.68. The monoisotopic (exact) mass is 365 g/mol. The normalized spacial score (nSPS) is 11.2. The van der Waals surface area contributed by atoms with Gasteiger partial charge in [0.2, 0.25) is 0 Å². The molecule has 0 amide bonds. The third kappa shape index (κ3) is 2.55. The van der Waals surface area contributed by atoms with Crippen LogP contribution in [0.25, 0.3) is 27.8 Å². The Morgan fingerprint density at radius 3 is 2.15 bits per heavy atom. The summed E-state index contributed by atoms with van der Waals surface area (Å²) in [4.78, 5) is 25.2. The van der Waals surface area contributed by atoms with Crippen molar-refractivity contribution in [2.45, 2.75) is 0 Å². The van der Waals surface area contributed by atoms with Gasteiger partial charge in [0.1, 0.15) is 11.6 Å². The molecule has 0 spiro atoms. The second kappa shape index (κ2) is 5.98. The molecule has 0 fully saturated rings. The molecule has 0 unspecified atom stereocenters. The fourth-order valence-corrected chi connectivity index (χ4v) is 3.25. The lowest BCUT2D eigenvalue weighted by molar-refractivity contribution is 0.475. The van der Waals surface area contributed by atoms with Crippen LogP contribution in [0.3, 0.4) is 0 Å². The van der Waals surface area contributed by atoms with Crippen molar-refractivity contribution in [1.29, 1.82) is 0 Å². The number of aromatic nitrogens is 3. The summed E-state index contributed by atoms with van der Waals surface area (Å²) >= 11 is 0. The lowest BCUT2D eigenvalue weighted by Gasteiger charge is -2.10. The minimum absolute atomic E-state index is 0.113. The number of hydrogen-bond donors (Lipinski definition) is 1. The van der Waals surface area contributed by atoms with Crippen LogP contribution in [0, 0.1) is 5.82 Å². The van der Waals surface area contributed by atoms with Crippen molar-refractivity contribution in [2.75, 3.05) is 0 Å². The molecule has 0 aliphatic carbocycles. The number of fused-ring (bicyclic) bond motifs is 1. The van der Waals surface area contributed by atoms with Crippen LogP contribution in [-0.2, 0) is 14.1 Å². The first kappa shape index (κ1) is 16.8. The predicted molar refractivity (Wildman–Crippen MR) is 101 cm³/mol. The molecule has 0 saturated carbocycles. The summed E-state index contributed by atoms with van der Waals surface area (Å²) in [6.07, 6.45) is 1.70. The quantitative estimate of drug-likeness (QED) is 0.594. The van der Waals surface area contributed by atoms with Gasteiger partial charge in [-0.05, 0) is 54.1 Å². The standard InChI is InChI=1S/C20H16FN3O3/c1-22-16-11-24(14-7-9-15(25)10-8-14)18(12-3-5-13(21)6-4-12)17(16)19(26)23(2)20(22)27/h3-11,25H,1-2H3. The summed E-state index contributed by atoms with van der Waals surface area (Å²) in [6.45, 7) is 0. The first-order valence-electron chi connectivity index (χ1n) is 8.25. The summed E-state index contributed by atoms with van der Waals surface area (Å²) < 4.78 is 17.6. The van der Waals surface area contributed by atoms with Crippen molar-refractivity contribution < 1.29 is 9.50 Å². The van der Waals surface area contributed by atoms with Crippen molar-refractivity contribution in [3.05, 3.63) is 81.4 Å². The van der Waals surface area contributed by atoms with Gasteiger partial charge in [0.15, 0.2) is 0 Å². The summed E-state index contributed by atoms with van der Waals surface area (Å²) in [5.74, 6) is -0.270. The van der Waals surface area contributed by atoms with Crippen molar-refractivity contribution in [1.82, 2.24) is 13.7 Å². The van der Waals surface area contributed by atoms with Crippen LogP contribution in [0.2, 0.25) is 0 Å². The molecule has 2 heterocycles. The van der Waals surface area contributed by atoms with Gasteiger partial charge in [0, 0.05) is 26.0 Å². The van der Waals surface area contributed by atoms with E-state index in [2.05, 4.69) is 0 Å². The van der Waals surface area contributed by atoms with Crippen LogP contribution >= 0.6 is 0 Å². The van der Waals surface area contributed by atoms with E-state index in [9.17, 15) is 19.1 Å². The smallest absolute Gasteiger partial charge is 0.330 e. The highest BCUT2D eigenvalue weighted by Crippen LogP contribution is 2.31. The van der Waals surface area contributed by atoms with E-state index in [1.54, 1.807) is 42.1 Å². The van der Waals surface area contributed by atoms with Crippen LogP contribution in [0.5, 0.6) is 5.75 Å². The van der Waals surface area contributed by atoms with Gasteiger partial charge in [-0.3, -0.25) is 13.9 Å². The Balaban J connectivity index is 2.18. The van der Waals surface area contributed by atoms with E-state index in [0.29, 0.717) is 27.8 Å². The predicted octanol–water partition coefficient (Wildman–Crippen LogP) is 2.54. The number of phenolic OH excluding ortho intramolecular Hbond substituents is 1. The molecule has 136 valence electrons. The fraction of sp³-hybridized carbons (Fsp3) is 0.100. The zero-order valence-corrected chi connectivity index (χ0v) is 14.7. The Hall–Kier alpha value is -3.61. The van der Waals surface area contributed by atoms with Gasteiger partial charge >= 0.3 is 5.69 Å². The van der Waals surface area contributed by atoms with E-state index in [0.717, 1.165) is 4.57 Å². The van der Waals surface area contributed by atoms with E-state index in [1.807, 2.05) is 0 Å². The number of benzene rings is 2. The van der Waals surface area contributed by atoms with Crippen molar-refractivity contribution in [3.8, 4) is 22.7 Å². The number of nitrogens with zero attached hydrogens (tertiary/aromatic N) is 3. The van der Waals surface area contributed by atoms with Gasteiger partial charge in [-0.1, -0.05) is 0 Å². The molecule has 4 aromatic rings. The molecule has 0 aliphatic heterocycles. The van der Waals surface area contributed by atoms with Crippen LogP contribution in [0.1, 0.15) is 0 Å². The van der Waals surface area contributed by atoms with E-state index >= 15 is 0 Å². The van der Waals surface area contributed by atoms with Crippen molar-refractivity contribution in [2.24, 2.45) is 14.1 Å². The first-order valence-corrected chi connectivity index (χ1v) is 8.25. The Kier molecular flexibility index (Phi) is 3.73. The Morgan fingerprint density at radius 1 is 0.889 bits per heavy atom. The molecule has 27 heavy (non-hydrogen) atoms. The summed E-state index contributed by atoms with van der Waals surface area (Å²) in [6, 6.07) is 12.3. The van der Waals surface area contributed by atoms with E-state index in [-0.39, 0.29) is 11.6 Å². The van der Waals surface area contributed by atoms with E-state index in [1.165, 1.54) is 35.9 Å². The van der Waals surface area contributed by atoms with E-state index in [4.69, 9.17) is 0 Å². The minimum Gasteiger partial charge on any atom is -0.508 e. The topological polar surface area (TPSA) is 69.2 Å². The van der Waals surface area contributed by atoms with Crippen molar-refractivity contribution >= 4 is 10.9 Å². The minimum atomic E-state index is -0.430. The van der Waals surface area contributed by atoms with Crippen LogP contribution in [0.4, 0.5) is 4.39 Å². The summed E-state index contributed by atoms with van der Waals surface area (Å²) in [7, 11) is 3.02. The molecule has 0 bridgehead atoms. The molecule has 0 saturated heterocycles. The number of hydrogen-bond acceptors (Lipinski definition) is 3. The molecule has 2 aromatic carbocycles. The first-order chi connectivity index (χ1) is 12.9. The lowest BCUT2D eigenvalue weighted by Crippen LogP contribution is -2.36. The number of halogens is 1. The number of aryl methyl sites for hydroxylation is 1. The largest absolute Gasteiger partial charge is 0.508 e. The van der Waals surface area contributed by atoms with Crippen LogP contribution in [0.15, 0.2) is 64.3 Å². The lowest BCUT2D eigenvalue weighted by atomic mass is 10.1. The zero-order chi connectivity index (χ0) is 19.3. The van der Waals surface area contributed by atoms with Gasteiger partial charge in [0.25, 0.3) is 5.56 Å². The molecule has 0 atom stereocenters. The molecule has 0 radical (unpaired) electrons. The highest BCUT2D eigenvalue weighted by molar-refractivity contribution is 5.94. The van der Waals surface area contributed by atoms with Gasteiger partial charge < -0.3 is 9.67 Å². The molecular weight excluding hydrogens is 349 g/mol. The number of rotatable bonds is 2. The van der Waals surface area contributed by atoms with Crippen LogP contribution < -0.4 is 11.2 Å². The SMILES string of the molecule is Cn1c(=O)c2c(-c3ccc(F)cc3)n(-c3ccc(O)cc3)cc2n(C)c1=O. The van der Waals surface area contributed by atoms with Gasteiger partial charge in [-0.15, -0.1) is 0 Å². The maximum atomic E-state index is 13.4. The fourth-order valence-electron chi connectivity index (χ4n) is 3.25. The Morgan fingerprint density at radius 2 is 1.52 bits per heavy atom. The molecule has 7 heteroatoms. The average Bonchev–Trinajstić information content (AvgIpc) is 3.06. The Bertz CT molecular complexity index is 1280. The molecule has 0 aliphatic rings. The molecule has 1 N–H and O–H groups in total.